The van der Waals surface area contributed by atoms with Gasteiger partial charge in [-0.1, -0.05) is 28.1 Å². The Labute approximate surface area is 127 Å². The number of benzene rings is 1. The average molecular weight is 358 g/mol. The minimum absolute atomic E-state index is 0.0579. The van der Waals surface area contributed by atoms with Gasteiger partial charge in [0.1, 0.15) is 0 Å². The van der Waals surface area contributed by atoms with Crippen LogP contribution in [0.15, 0.2) is 18.2 Å². The molecule has 2 heterocycles. The summed E-state index contributed by atoms with van der Waals surface area (Å²) in [6.07, 6.45) is 1.98. The minimum Gasteiger partial charge on any atom is -0.326 e. The Morgan fingerprint density at radius 2 is 2.10 bits per heavy atom. The summed E-state index contributed by atoms with van der Waals surface area (Å²) in [6.45, 7) is 0. The predicted octanol–water partition coefficient (Wildman–Crippen LogP) is 2.44. The number of fused-ring (bicyclic) bond motifs is 1. The Morgan fingerprint density at radius 1 is 1.30 bits per heavy atom. The zero-order chi connectivity index (χ0) is 14.3. The molecule has 2 aliphatic heterocycles. The van der Waals surface area contributed by atoms with E-state index < -0.39 is 9.84 Å². The molecule has 0 aromatic heterocycles. The maximum atomic E-state index is 11.6. The van der Waals surface area contributed by atoms with Crippen molar-refractivity contribution in [3.63, 3.8) is 0 Å². The van der Waals surface area contributed by atoms with Gasteiger partial charge in [-0.05, 0) is 36.0 Å². The van der Waals surface area contributed by atoms with Crippen molar-refractivity contribution >= 4 is 37.4 Å². The summed E-state index contributed by atoms with van der Waals surface area (Å²) in [5, 5.41) is 2.86. The molecule has 1 fully saturated rings. The highest BCUT2D eigenvalue weighted by Gasteiger charge is 2.33. The number of halogens is 1. The largest absolute Gasteiger partial charge is 0.326 e. The van der Waals surface area contributed by atoms with Crippen molar-refractivity contribution in [2.24, 2.45) is 5.92 Å². The van der Waals surface area contributed by atoms with Gasteiger partial charge in [0.15, 0.2) is 9.84 Å². The third kappa shape index (κ3) is 2.76. The average Bonchev–Trinajstić information content (AvgIpc) is 2.77. The van der Waals surface area contributed by atoms with Crippen LogP contribution in [0.1, 0.15) is 28.8 Å². The van der Waals surface area contributed by atoms with Gasteiger partial charge < -0.3 is 5.32 Å². The molecule has 1 aromatic rings. The molecular weight excluding hydrogens is 342 g/mol. The number of nitrogens with one attached hydrogen (secondary N) is 1. The second-order valence-electron chi connectivity index (χ2n) is 5.53. The maximum absolute atomic E-state index is 11.6. The monoisotopic (exact) mass is 357 g/mol. The van der Waals surface area contributed by atoms with Crippen LogP contribution in [0.5, 0.6) is 0 Å². The van der Waals surface area contributed by atoms with Gasteiger partial charge in [0, 0.05) is 16.9 Å². The first kappa shape index (κ1) is 14.1. The van der Waals surface area contributed by atoms with Crippen molar-refractivity contribution in [1.82, 2.24) is 0 Å². The van der Waals surface area contributed by atoms with Crippen LogP contribution in [-0.4, -0.2) is 25.8 Å². The molecule has 0 bridgehead atoms. The molecule has 108 valence electrons. The van der Waals surface area contributed by atoms with Crippen molar-refractivity contribution in [2.75, 3.05) is 16.8 Å². The lowest BCUT2D eigenvalue weighted by Gasteiger charge is -2.21. The Hall–Kier alpha value is -0.880. The summed E-state index contributed by atoms with van der Waals surface area (Å²) in [5.74, 6) is 0.746. The quantitative estimate of drug-likeness (QED) is 0.826. The van der Waals surface area contributed by atoms with Gasteiger partial charge in [0.2, 0.25) is 5.91 Å². The molecule has 0 saturated carbocycles. The van der Waals surface area contributed by atoms with Crippen molar-refractivity contribution < 1.29 is 13.2 Å². The molecule has 1 amide bonds. The number of hydrogen-bond acceptors (Lipinski definition) is 3. The molecule has 1 saturated heterocycles. The van der Waals surface area contributed by atoms with Crippen LogP contribution in [0.3, 0.4) is 0 Å². The highest BCUT2D eigenvalue weighted by Crippen LogP contribution is 2.39. The van der Waals surface area contributed by atoms with E-state index >= 15 is 0 Å². The molecule has 3 rings (SSSR count). The molecule has 2 aliphatic rings. The Bertz CT molecular complexity index is 656. The van der Waals surface area contributed by atoms with Crippen molar-refractivity contribution in [1.29, 1.82) is 0 Å². The zero-order valence-corrected chi connectivity index (χ0v) is 13.3. The number of aryl methyl sites for hydroxylation is 1. The van der Waals surface area contributed by atoms with E-state index in [2.05, 4.69) is 27.3 Å². The third-order valence-electron chi connectivity index (χ3n) is 4.02. The third-order valence-corrected chi connectivity index (χ3v) is 7.09. The Balaban J connectivity index is 1.82. The SMILES string of the molecule is O=C1CCc2cc(C(Br)C3CCS(=O)(=O)C3)ccc2N1. The van der Waals surface area contributed by atoms with Crippen LogP contribution in [0, 0.1) is 5.92 Å². The van der Waals surface area contributed by atoms with E-state index in [0.717, 1.165) is 23.2 Å². The first-order valence-electron chi connectivity index (χ1n) is 6.72. The molecule has 2 unspecified atom stereocenters. The molecular formula is C14H16BrNO3S. The maximum Gasteiger partial charge on any atom is 0.224 e. The molecule has 4 nitrogen and oxygen atoms in total. The lowest BCUT2D eigenvalue weighted by atomic mass is 9.94. The fourth-order valence-electron chi connectivity index (χ4n) is 2.90. The molecule has 0 aliphatic carbocycles. The molecule has 1 aromatic carbocycles. The first-order chi connectivity index (χ1) is 9.44. The normalized spacial score (nSPS) is 25.9. The van der Waals surface area contributed by atoms with Gasteiger partial charge in [-0.2, -0.15) is 0 Å². The standard InChI is InChI=1S/C14H16BrNO3S/c15-14(11-5-6-20(18,19)8-11)10-1-3-12-9(7-10)2-4-13(17)16-12/h1,3,7,11,14H,2,4-6,8H2,(H,16,17). The topological polar surface area (TPSA) is 63.2 Å². The fraction of sp³-hybridized carbons (Fsp3) is 0.500. The second kappa shape index (κ2) is 5.15. The second-order valence-corrected chi connectivity index (χ2v) is 8.74. The van der Waals surface area contributed by atoms with Gasteiger partial charge >= 0.3 is 0 Å². The summed E-state index contributed by atoms with van der Waals surface area (Å²) < 4.78 is 23.2. The van der Waals surface area contributed by atoms with E-state index in [0.29, 0.717) is 18.6 Å². The van der Waals surface area contributed by atoms with Crippen LogP contribution in [0.4, 0.5) is 5.69 Å². The zero-order valence-electron chi connectivity index (χ0n) is 10.9. The molecule has 1 N–H and O–H groups in total. The molecule has 0 radical (unpaired) electrons. The summed E-state index contributed by atoms with van der Waals surface area (Å²) >= 11 is 3.65. The van der Waals surface area contributed by atoms with E-state index in [1.807, 2.05) is 12.1 Å². The van der Waals surface area contributed by atoms with Crippen molar-refractivity contribution in [2.45, 2.75) is 24.1 Å². The van der Waals surface area contributed by atoms with Crippen molar-refractivity contribution in [3.05, 3.63) is 29.3 Å². The first-order valence-corrected chi connectivity index (χ1v) is 9.45. The van der Waals surface area contributed by atoms with E-state index in [-0.39, 0.29) is 22.4 Å². The number of hydrogen-bond donors (Lipinski definition) is 1. The smallest absolute Gasteiger partial charge is 0.224 e. The number of sulfone groups is 1. The number of rotatable bonds is 2. The van der Waals surface area contributed by atoms with Gasteiger partial charge in [-0.25, -0.2) is 8.42 Å². The lowest BCUT2D eigenvalue weighted by molar-refractivity contribution is -0.116. The Kier molecular flexibility index (Phi) is 3.62. The molecule has 0 spiro atoms. The van der Waals surface area contributed by atoms with Gasteiger partial charge in [0.25, 0.3) is 0 Å². The molecule has 20 heavy (non-hydrogen) atoms. The summed E-state index contributed by atoms with van der Waals surface area (Å²) in [7, 11) is -2.86. The van der Waals surface area contributed by atoms with Gasteiger partial charge in [-0.15, -0.1) is 0 Å². The van der Waals surface area contributed by atoms with Crippen LogP contribution in [0.2, 0.25) is 0 Å². The minimum atomic E-state index is -2.86. The van der Waals surface area contributed by atoms with Gasteiger partial charge in [0.05, 0.1) is 11.5 Å². The Morgan fingerprint density at radius 3 is 2.80 bits per heavy atom. The van der Waals surface area contributed by atoms with E-state index in [4.69, 9.17) is 0 Å². The van der Waals surface area contributed by atoms with Crippen LogP contribution >= 0.6 is 15.9 Å². The summed E-state index contributed by atoms with van der Waals surface area (Å²) in [6, 6.07) is 5.97. The fourth-order valence-corrected chi connectivity index (χ4v) is 5.73. The molecule has 6 heteroatoms. The van der Waals surface area contributed by atoms with E-state index in [1.165, 1.54) is 0 Å². The number of alkyl halides is 1. The van der Waals surface area contributed by atoms with Crippen LogP contribution in [-0.2, 0) is 21.1 Å². The number of anilines is 1. The van der Waals surface area contributed by atoms with Crippen LogP contribution < -0.4 is 5.32 Å². The molecule has 2 atom stereocenters. The number of amides is 1. The highest BCUT2D eigenvalue weighted by molar-refractivity contribution is 9.09. The highest BCUT2D eigenvalue weighted by atomic mass is 79.9. The van der Waals surface area contributed by atoms with E-state index in [1.54, 1.807) is 0 Å². The summed E-state index contributed by atoms with van der Waals surface area (Å²) in [4.78, 5) is 11.4. The number of carbonyl (C=O) groups excluding carboxylic acids is 1. The van der Waals surface area contributed by atoms with E-state index in [9.17, 15) is 13.2 Å². The summed E-state index contributed by atoms with van der Waals surface area (Å²) in [5.41, 5.74) is 3.11. The lowest BCUT2D eigenvalue weighted by Crippen LogP contribution is -2.19. The van der Waals surface area contributed by atoms with Gasteiger partial charge in [-0.3, -0.25) is 4.79 Å². The van der Waals surface area contributed by atoms with Crippen LogP contribution in [0.25, 0.3) is 0 Å². The predicted molar refractivity (Wildman–Crippen MR) is 81.8 cm³/mol. The number of carbonyl (C=O) groups is 1. The van der Waals surface area contributed by atoms with Crippen molar-refractivity contribution in [3.8, 4) is 0 Å².